The Kier molecular flexibility index (Phi) is 5.10. The summed E-state index contributed by atoms with van der Waals surface area (Å²) in [6.45, 7) is 3.74. The predicted molar refractivity (Wildman–Crippen MR) is 99.5 cm³/mol. The van der Waals surface area contributed by atoms with Gasteiger partial charge < -0.3 is 5.32 Å². The molecule has 126 valence electrons. The van der Waals surface area contributed by atoms with Crippen molar-refractivity contribution in [3.8, 4) is 11.4 Å². The number of nitrogens with zero attached hydrogens (tertiary/aromatic N) is 2. The van der Waals surface area contributed by atoms with Crippen LogP contribution in [0.15, 0.2) is 60.8 Å². The summed E-state index contributed by atoms with van der Waals surface area (Å²) < 4.78 is 0. The van der Waals surface area contributed by atoms with Crippen LogP contribution in [0.2, 0.25) is 5.02 Å². The monoisotopic (exact) mass is 351 g/mol. The van der Waals surface area contributed by atoms with Crippen LogP contribution in [0.3, 0.4) is 0 Å². The molecule has 1 atom stereocenters. The molecule has 1 amide bonds. The molecule has 0 radical (unpaired) electrons. The van der Waals surface area contributed by atoms with Gasteiger partial charge in [-0.1, -0.05) is 54.1 Å². The maximum atomic E-state index is 12.5. The molecule has 0 saturated heterocycles. The largest absolute Gasteiger partial charge is 0.345 e. The molecule has 0 aliphatic carbocycles. The maximum absolute atomic E-state index is 12.5. The summed E-state index contributed by atoms with van der Waals surface area (Å²) in [6.07, 6.45) is 1.58. The van der Waals surface area contributed by atoms with Crippen molar-refractivity contribution in [3.63, 3.8) is 0 Å². The third kappa shape index (κ3) is 4.03. The van der Waals surface area contributed by atoms with Gasteiger partial charge in [-0.3, -0.25) is 4.79 Å². The van der Waals surface area contributed by atoms with E-state index in [2.05, 4.69) is 15.3 Å². The van der Waals surface area contributed by atoms with Crippen LogP contribution >= 0.6 is 11.6 Å². The second-order valence-corrected chi connectivity index (χ2v) is 6.24. The first-order chi connectivity index (χ1) is 12.0. The van der Waals surface area contributed by atoms with E-state index in [1.807, 2.05) is 68.4 Å². The number of carbonyl (C=O) groups excluding carboxylic acids is 1. The molecule has 0 bridgehead atoms. The molecule has 3 rings (SSSR count). The Morgan fingerprint density at radius 2 is 1.76 bits per heavy atom. The number of aryl methyl sites for hydroxylation is 1. The van der Waals surface area contributed by atoms with Crippen LogP contribution in [0.4, 0.5) is 0 Å². The number of hydrogen-bond acceptors (Lipinski definition) is 3. The zero-order valence-electron chi connectivity index (χ0n) is 14.0. The van der Waals surface area contributed by atoms with Gasteiger partial charge in [0.25, 0.3) is 5.91 Å². The molecule has 0 spiro atoms. The summed E-state index contributed by atoms with van der Waals surface area (Å²) in [7, 11) is 0. The second kappa shape index (κ2) is 7.45. The van der Waals surface area contributed by atoms with E-state index >= 15 is 0 Å². The summed E-state index contributed by atoms with van der Waals surface area (Å²) in [5.74, 6) is 0.417. The van der Waals surface area contributed by atoms with E-state index < -0.39 is 0 Å². The highest BCUT2D eigenvalue weighted by Crippen LogP contribution is 2.18. The summed E-state index contributed by atoms with van der Waals surface area (Å²) in [6, 6.07) is 17.0. The molecule has 0 fully saturated rings. The van der Waals surface area contributed by atoms with Crippen molar-refractivity contribution in [2.24, 2.45) is 0 Å². The highest BCUT2D eigenvalue weighted by Gasteiger charge is 2.15. The normalized spacial score (nSPS) is 11.8. The Bertz CT molecular complexity index is 879. The fraction of sp³-hybridized carbons (Fsp3) is 0.150. The lowest BCUT2D eigenvalue weighted by molar-refractivity contribution is 0.0938. The number of benzene rings is 2. The van der Waals surface area contributed by atoms with Crippen molar-refractivity contribution < 1.29 is 4.79 Å². The van der Waals surface area contributed by atoms with Gasteiger partial charge in [0.05, 0.1) is 17.3 Å². The highest BCUT2D eigenvalue weighted by molar-refractivity contribution is 6.30. The molecule has 3 aromatic rings. The number of carbonyl (C=O) groups is 1. The fourth-order valence-corrected chi connectivity index (χ4v) is 2.65. The molecule has 5 heteroatoms. The Hall–Kier alpha value is -2.72. The average molecular weight is 352 g/mol. The third-order valence-electron chi connectivity index (χ3n) is 3.97. The van der Waals surface area contributed by atoms with E-state index in [-0.39, 0.29) is 11.9 Å². The van der Waals surface area contributed by atoms with Gasteiger partial charge in [-0.2, -0.15) is 0 Å². The van der Waals surface area contributed by atoms with Gasteiger partial charge in [0, 0.05) is 16.8 Å². The van der Waals surface area contributed by atoms with Crippen LogP contribution in [-0.2, 0) is 0 Å². The molecule has 4 nitrogen and oxygen atoms in total. The molecule has 1 heterocycles. The lowest BCUT2D eigenvalue weighted by atomic mass is 10.1. The number of hydrogen-bond donors (Lipinski definition) is 1. The van der Waals surface area contributed by atoms with Crippen molar-refractivity contribution in [1.82, 2.24) is 15.3 Å². The van der Waals surface area contributed by atoms with Crippen molar-refractivity contribution in [1.29, 1.82) is 0 Å². The Morgan fingerprint density at radius 3 is 2.40 bits per heavy atom. The third-order valence-corrected chi connectivity index (χ3v) is 4.23. The SMILES string of the molecule is Cc1nc(-c2ccccc2)ncc1C(=O)N[C@H](C)c1ccc(Cl)cc1. The Morgan fingerprint density at radius 1 is 1.08 bits per heavy atom. The molecule has 0 unspecified atom stereocenters. The standard InChI is InChI=1S/C20H18ClN3O/c1-13(15-8-10-17(21)11-9-15)24-20(25)18-12-22-19(23-14(18)2)16-6-4-3-5-7-16/h3-13H,1-2H3,(H,24,25)/t13-/m1/s1. The molecular weight excluding hydrogens is 334 g/mol. The fourth-order valence-electron chi connectivity index (χ4n) is 2.53. The lowest BCUT2D eigenvalue weighted by Crippen LogP contribution is -2.27. The maximum Gasteiger partial charge on any atom is 0.255 e. The van der Waals surface area contributed by atoms with Crippen LogP contribution in [0.5, 0.6) is 0 Å². The first-order valence-corrected chi connectivity index (χ1v) is 8.38. The minimum atomic E-state index is -0.195. The smallest absolute Gasteiger partial charge is 0.255 e. The Balaban J connectivity index is 1.77. The molecule has 0 saturated carbocycles. The second-order valence-electron chi connectivity index (χ2n) is 5.81. The van der Waals surface area contributed by atoms with Crippen molar-refractivity contribution in [3.05, 3.63) is 82.6 Å². The highest BCUT2D eigenvalue weighted by atomic mass is 35.5. The van der Waals surface area contributed by atoms with Gasteiger partial charge in [0.1, 0.15) is 0 Å². The first kappa shape index (κ1) is 17.1. The Labute approximate surface area is 151 Å². The van der Waals surface area contributed by atoms with Crippen LogP contribution in [0.25, 0.3) is 11.4 Å². The number of rotatable bonds is 4. The van der Waals surface area contributed by atoms with Crippen LogP contribution in [0, 0.1) is 6.92 Å². The topological polar surface area (TPSA) is 54.9 Å². The van der Waals surface area contributed by atoms with Crippen LogP contribution in [-0.4, -0.2) is 15.9 Å². The van der Waals surface area contributed by atoms with Gasteiger partial charge in [0.15, 0.2) is 5.82 Å². The first-order valence-electron chi connectivity index (χ1n) is 8.00. The van der Waals surface area contributed by atoms with E-state index in [1.54, 1.807) is 6.20 Å². The van der Waals surface area contributed by atoms with Gasteiger partial charge in [0.2, 0.25) is 0 Å². The van der Waals surface area contributed by atoms with Crippen molar-refractivity contribution in [2.45, 2.75) is 19.9 Å². The van der Waals surface area contributed by atoms with Crippen LogP contribution in [0.1, 0.15) is 34.6 Å². The number of nitrogens with one attached hydrogen (secondary N) is 1. The zero-order valence-corrected chi connectivity index (χ0v) is 14.8. The number of aromatic nitrogens is 2. The summed E-state index contributed by atoms with van der Waals surface area (Å²) >= 11 is 5.90. The van der Waals surface area contributed by atoms with E-state index in [9.17, 15) is 4.79 Å². The van der Waals surface area contributed by atoms with E-state index in [1.165, 1.54) is 0 Å². The molecule has 1 N–H and O–H groups in total. The summed E-state index contributed by atoms with van der Waals surface area (Å²) in [5.41, 5.74) is 3.03. The molecular formula is C20H18ClN3O. The van der Waals surface area contributed by atoms with Crippen molar-refractivity contribution >= 4 is 17.5 Å². The molecule has 0 aliphatic heterocycles. The molecule has 2 aromatic carbocycles. The molecule has 1 aromatic heterocycles. The predicted octanol–water partition coefficient (Wildman–Crippen LogP) is 4.60. The molecule has 25 heavy (non-hydrogen) atoms. The summed E-state index contributed by atoms with van der Waals surface area (Å²) in [5, 5.41) is 3.64. The van der Waals surface area contributed by atoms with E-state index in [0.717, 1.165) is 11.1 Å². The quantitative estimate of drug-likeness (QED) is 0.747. The van der Waals surface area contributed by atoms with E-state index in [4.69, 9.17) is 11.6 Å². The van der Waals surface area contributed by atoms with Gasteiger partial charge in [-0.25, -0.2) is 9.97 Å². The minimum Gasteiger partial charge on any atom is -0.345 e. The average Bonchev–Trinajstić information content (AvgIpc) is 2.62. The zero-order chi connectivity index (χ0) is 17.8. The minimum absolute atomic E-state index is 0.141. The lowest BCUT2D eigenvalue weighted by Gasteiger charge is -2.15. The number of amides is 1. The van der Waals surface area contributed by atoms with Gasteiger partial charge in [-0.05, 0) is 31.5 Å². The summed E-state index contributed by atoms with van der Waals surface area (Å²) in [4.78, 5) is 21.3. The number of halogens is 1. The van der Waals surface area contributed by atoms with E-state index in [0.29, 0.717) is 22.1 Å². The van der Waals surface area contributed by atoms with Crippen LogP contribution < -0.4 is 5.32 Å². The van der Waals surface area contributed by atoms with Gasteiger partial charge in [-0.15, -0.1) is 0 Å². The van der Waals surface area contributed by atoms with Crippen molar-refractivity contribution in [2.75, 3.05) is 0 Å². The molecule has 0 aliphatic rings. The van der Waals surface area contributed by atoms with Gasteiger partial charge >= 0.3 is 0 Å².